The zero-order valence-electron chi connectivity index (χ0n) is 11.5. The Morgan fingerprint density at radius 2 is 2.00 bits per heavy atom. The molecule has 0 spiro atoms. The van der Waals surface area contributed by atoms with Crippen molar-refractivity contribution in [1.82, 2.24) is 5.06 Å². The van der Waals surface area contributed by atoms with Gasteiger partial charge in [-0.1, -0.05) is 0 Å². The Morgan fingerprint density at radius 3 is 2.85 bits per heavy atom. The van der Waals surface area contributed by atoms with Crippen LogP contribution in [0, 0.1) is 5.92 Å². The van der Waals surface area contributed by atoms with E-state index in [0.717, 1.165) is 0 Å². The van der Waals surface area contributed by atoms with Crippen LogP contribution in [0.15, 0.2) is 0 Å². The SMILES string of the molecule is CC1(C)O[C@@H]2[C@H]3[C@@H]4C(O)[C@H]5CO[C@H](O5)[C@@H]4ON3C[C@@H]2O1. The molecule has 0 aromatic carbocycles. The molecule has 0 aromatic rings. The minimum absolute atomic E-state index is 0.00423. The lowest BCUT2D eigenvalue weighted by atomic mass is 9.83. The van der Waals surface area contributed by atoms with Crippen LogP contribution >= 0.6 is 0 Å². The molecule has 112 valence electrons. The van der Waals surface area contributed by atoms with E-state index in [1.54, 1.807) is 0 Å². The zero-order chi connectivity index (χ0) is 13.6. The smallest absolute Gasteiger partial charge is 0.186 e. The molecule has 7 nitrogen and oxygen atoms in total. The fourth-order valence-corrected chi connectivity index (χ4v) is 4.37. The highest BCUT2D eigenvalue weighted by atomic mass is 16.8. The topological polar surface area (TPSA) is 69.6 Å². The molecule has 20 heavy (non-hydrogen) atoms. The quantitative estimate of drug-likeness (QED) is 0.627. The summed E-state index contributed by atoms with van der Waals surface area (Å²) in [6.07, 6.45) is -1.51. The van der Waals surface area contributed by atoms with Crippen molar-refractivity contribution in [3.63, 3.8) is 0 Å². The van der Waals surface area contributed by atoms with Gasteiger partial charge in [-0.2, -0.15) is 5.06 Å². The number of hydrogen-bond donors (Lipinski definition) is 1. The van der Waals surface area contributed by atoms with Crippen LogP contribution in [0.4, 0.5) is 0 Å². The molecule has 0 radical (unpaired) electrons. The molecule has 5 aliphatic rings. The molecule has 0 aromatic heterocycles. The van der Waals surface area contributed by atoms with Crippen molar-refractivity contribution in [3.8, 4) is 0 Å². The van der Waals surface area contributed by atoms with E-state index in [-0.39, 0.29) is 42.7 Å². The molecule has 0 saturated carbocycles. The van der Waals surface area contributed by atoms with Crippen LogP contribution in [0.25, 0.3) is 0 Å². The van der Waals surface area contributed by atoms with E-state index in [1.165, 1.54) is 0 Å². The number of fused-ring (bicyclic) bond motifs is 8. The lowest BCUT2D eigenvalue weighted by molar-refractivity contribution is -0.250. The molecule has 5 heterocycles. The number of ether oxygens (including phenoxy) is 4. The van der Waals surface area contributed by atoms with Crippen LogP contribution < -0.4 is 0 Å². The summed E-state index contributed by atoms with van der Waals surface area (Å²) >= 11 is 0. The largest absolute Gasteiger partial charge is 0.390 e. The Balaban J connectivity index is 1.48. The fraction of sp³-hybridized carbons (Fsp3) is 1.00. The highest BCUT2D eigenvalue weighted by Crippen LogP contribution is 2.49. The Morgan fingerprint density at radius 1 is 1.15 bits per heavy atom. The fourth-order valence-electron chi connectivity index (χ4n) is 4.37. The first-order chi connectivity index (χ1) is 9.53. The van der Waals surface area contributed by atoms with Gasteiger partial charge in [0.25, 0.3) is 0 Å². The van der Waals surface area contributed by atoms with Crippen LogP contribution in [0.3, 0.4) is 0 Å². The van der Waals surface area contributed by atoms with Crippen molar-refractivity contribution in [2.75, 3.05) is 13.2 Å². The van der Waals surface area contributed by atoms with E-state index in [1.807, 2.05) is 18.9 Å². The Hall–Kier alpha value is -0.280. The van der Waals surface area contributed by atoms with Gasteiger partial charge in [0.2, 0.25) is 0 Å². The third-order valence-corrected chi connectivity index (χ3v) is 5.06. The number of aliphatic hydroxyl groups excluding tert-OH is 1. The summed E-state index contributed by atoms with van der Waals surface area (Å²) < 4.78 is 23.2. The van der Waals surface area contributed by atoms with Gasteiger partial charge >= 0.3 is 0 Å². The lowest BCUT2D eigenvalue weighted by Crippen LogP contribution is -2.53. The van der Waals surface area contributed by atoms with Crippen LogP contribution in [0.2, 0.25) is 0 Å². The molecule has 5 aliphatic heterocycles. The zero-order valence-corrected chi connectivity index (χ0v) is 11.5. The molecular weight excluding hydrogens is 266 g/mol. The van der Waals surface area contributed by atoms with E-state index in [4.69, 9.17) is 23.8 Å². The van der Waals surface area contributed by atoms with Crippen LogP contribution in [-0.2, 0) is 23.8 Å². The van der Waals surface area contributed by atoms with Crippen molar-refractivity contribution in [2.24, 2.45) is 5.92 Å². The van der Waals surface area contributed by atoms with Gasteiger partial charge in [-0.05, 0) is 13.8 Å². The summed E-state index contributed by atoms with van der Waals surface area (Å²) in [5.74, 6) is -0.612. The van der Waals surface area contributed by atoms with E-state index >= 15 is 0 Å². The summed E-state index contributed by atoms with van der Waals surface area (Å²) in [7, 11) is 0. The molecule has 8 atom stereocenters. The Labute approximate surface area is 116 Å². The molecule has 0 amide bonds. The van der Waals surface area contributed by atoms with Gasteiger partial charge in [-0.25, -0.2) is 0 Å². The molecule has 1 N–H and O–H groups in total. The second-order valence-electron chi connectivity index (χ2n) is 6.74. The summed E-state index contributed by atoms with van der Waals surface area (Å²) in [6.45, 7) is 4.95. The molecule has 0 aliphatic carbocycles. The van der Waals surface area contributed by atoms with Gasteiger partial charge in [-0.15, -0.1) is 0 Å². The molecule has 5 fully saturated rings. The average Bonchev–Trinajstić information content (AvgIpc) is 3.04. The second-order valence-corrected chi connectivity index (χ2v) is 6.74. The molecule has 2 bridgehead atoms. The lowest BCUT2D eigenvalue weighted by Gasteiger charge is -2.35. The molecule has 5 saturated heterocycles. The normalized spacial score (nSPS) is 59.5. The maximum Gasteiger partial charge on any atom is 0.186 e. The van der Waals surface area contributed by atoms with Gasteiger partial charge in [0.15, 0.2) is 12.1 Å². The van der Waals surface area contributed by atoms with Crippen molar-refractivity contribution in [2.45, 2.75) is 62.5 Å². The van der Waals surface area contributed by atoms with Crippen LogP contribution in [0.1, 0.15) is 13.8 Å². The monoisotopic (exact) mass is 285 g/mol. The van der Waals surface area contributed by atoms with Crippen molar-refractivity contribution < 1.29 is 28.9 Å². The maximum absolute atomic E-state index is 10.6. The van der Waals surface area contributed by atoms with Crippen molar-refractivity contribution in [1.29, 1.82) is 0 Å². The minimum Gasteiger partial charge on any atom is -0.390 e. The second kappa shape index (κ2) is 3.73. The number of rotatable bonds is 0. The molecule has 5 rings (SSSR count). The van der Waals surface area contributed by atoms with Gasteiger partial charge in [0, 0.05) is 5.92 Å². The maximum atomic E-state index is 10.6. The molecular formula is C13H19NO6. The number of aliphatic hydroxyl groups is 1. The highest BCUT2D eigenvalue weighted by molar-refractivity contribution is 5.10. The van der Waals surface area contributed by atoms with Crippen LogP contribution in [0.5, 0.6) is 0 Å². The summed E-state index contributed by atoms with van der Waals surface area (Å²) in [6, 6.07) is 0.0115. The summed E-state index contributed by atoms with van der Waals surface area (Å²) in [4.78, 5) is 5.96. The van der Waals surface area contributed by atoms with E-state index in [0.29, 0.717) is 13.2 Å². The van der Waals surface area contributed by atoms with E-state index in [9.17, 15) is 5.11 Å². The predicted octanol–water partition coefficient (Wildman–Crippen LogP) is -0.763. The van der Waals surface area contributed by atoms with Crippen LogP contribution in [-0.4, -0.2) is 72.0 Å². The highest BCUT2D eigenvalue weighted by Gasteiger charge is 2.66. The number of hydrogen-bond acceptors (Lipinski definition) is 7. The first-order valence-corrected chi connectivity index (χ1v) is 7.28. The Kier molecular flexibility index (Phi) is 2.29. The first kappa shape index (κ1) is 12.3. The van der Waals surface area contributed by atoms with Crippen molar-refractivity contribution >= 4 is 0 Å². The molecule has 1 unspecified atom stereocenters. The summed E-state index contributed by atoms with van der Waals surface area (Å²) in [5.41, 5.74) is 0. The predicted molar refractivity (Wildman–Crippen MR) is 63.3 cm³/mol. The third kappa shape index (κ3) is 1.44. The van der Waals surface area contributed by atoms with Gasteiger partial charge in [-0.3, -0.25) is 4.84 Å². The standard InChI is InChI=1S/C13H19NO6/c1-13(2)18-5-3-14-8(10(5)19-13)7-9(15)6-4-16-12(17-6)11(7)20-14/h5-12,15H,3-4H2,1-2H3/t5-,6+,7+,8+,9?,10-,11+,12+/m0/s1. The Bertz CT molecular complexity index is 445. The van der Waals surface area contributed by atoms with Gasteiger partial charge < -0.3 is 24.1 Å². The van der Waals surface area contributed by atoms with Gasteiger partial charge in [0.05, 0.1) is 25.3 Å². The number of nitrogens with zero attached hydrogens (tertiary/aromatic N) is 1. The third-order valence-electron chi connectivity index (χ3n) is 5.06. The van der Waals surface area contributed by atoms with E-state index < -0.39 is 11.9 Å². The number of hydroxylamine groups is 2. The average molecular weight is 285 g/mol. The van der Waals surface area contributed by atoms with Crippen molar-refractivity contribution in [3.05, 3.63) is 0 Å². The minimum atomic E-state index is -0.584. The van der Waals surface area contributed by atoms with Gasteiger partial charge in [0.1, 0.15) is 24.4 Å². The first-order valence-electron chi connectivity index (χ1n) is 7.28. The summed E-state index contributed by atoms with van der Waals surface area (Å²) in [5, 5.41) is 12.5. The molecule has 7 heteroatoms. The van der Waals surface area contributed by atoms with E-state index in [2.05, 4.69) is 0 Å².